The maximum Gasteiger partial charge on any atom is 0.410 e. The fourth-order valence-electron chi connectivity index (χ4n) is 4.23. The number of nitrogens with two attached hydrogens (primary N) is 1. The van der Waals surface area contributed by atoms with E-state index in [1.165, 1.54) is 16.7 Å². The van der Waals surface area contributed by atoms with Gasteiger partial charge in [-0.15, -0.1) is 0 Å². The van der Waals surface area contributed by atoms with E-state index in [9.17, 15) is 24.3 Å². The molecule has 0 bridgehead atoms. The van der Waals surface area contributed by atoms with Crippen LogP contribution < -0.4 is 5.73 Å². The number of hydrogen-bond acceptors (Lipinski definition) is 7. The third-order valence-electron chi connectivity index (χ3n) is 5.80. The average Bonchev–Trinajstić information content (AvgIpc) is 3.33. The molecule has 0 spiro atoms. The minimum Gasteiger partial charge on any atom is -0.477 e. The predicted molar refractivity (Wildman–Crippen MR) is 123 cm³/mol. The zero-order valence-corrected chi connectivity index (χ0v) is 20.3. The van der Waals surface area contributed by atoms with E-state index in [0.717, 1.165) is 0 Å². The Morgan fingerprint density at radius 3 is 2.48 bits per heavy atom. The van der Waals surface area contributed by atoms with E-state index in [1.54, 1.807) is 15.9 Å². The zero-order chi connectivity index (χ0) is 24.5. The Labute approximate surface area is 197 Å². The average molecular weight is 481 g/mol. The molecule has 3 fully saturated rings. The van der Waals surface area contributed by atoms with Crippen LogP contribution in [-0.4, -0.2) is 99.6 Å². The molecule has 3 rings (SSSR count). The molecule has 0 saturated carbocycles. The number of carbonyl (C=O) groups is 4. The molecule has 0 aromatic heterocycles. The van der Waals surface area contributed by atoms with Crippen molar-refractivity contribution in [2.45, 2.75) is 51.3 Å². The van der Waals surface area contributed by atoms with Crippen LogP contribution in [0.15, 0.2) is 22.9 Å². The maximum atomic E-state index is 13.1. The molecule has 3 heterocycles. The topological polar surface area (TPSA) is 133 Å². The van der Waals surface area contributed by atoms with Gasteiger partial charge in [0.05, 0.1) is 12.6 Å². The van der Waals surface area contributed by atoms with E-state index < -0.39 is 23.5 Å². The monoisotopic (exact) mass is 480 g/mol. The van der Waals surface area contributed by atoms with Crippen LogP contribution in [0.4, 0.5) is 4.79 Å². The number of β-lactam (4-membered cyclic amide) rings is 1. The highest BCUT2D eigenvalue weighted by Crippen LogP contribution is 2.29. The lowest BCUT2D eigenvalue weighted by molar-refractivity contribution is -0.146. The van der Waals surface area contributed by atoms with Crippen LogP contribution in [0.25, 0.3) is 0 Å². The lowest BCUT2D eigenvalue weighted by Crippen LogP contribution is -2.61. The molecule has 0 aliphatic carbocycles. The van der Waals surface area contributed by atoms with Crippen molar-refractivity contribution >= 4 is 35.6 Å². The van der Waals surface area contributed by atoms with Crippen molar-refractivity contribution in [3.8, 4) is 0 Å². The SMILES string of the molecule is CSCC(/C=C1\CCN(C2CCN(C(=O)OC(C)(C)C)C2)C1=O)=C(/C(=O)O)N1C[C@H](N)C1=O. The Morgan fingerprint density at radius 2 is 1.94 bits per heavy atom. The molecular formula is C22H32N4O6S. The van der Waals surface area contributed by atoms with E-state index in [2.05, 4.69) is 0 Å². The van der Waals surface area contributed by atoms with Crippen molar-refractivity contribution in [1.82, 2.24) is 14.7 Å². The lowest BCUT2D eigenvalue weighted by atomic mass is 10.0. The molecule has 182 valence electrons. The van der Waals surface area contributed by atoms with Gasteiger partial charge in [0.2, 0.25) is 11.8 Å². The molecule has 1 unspecified atom stereocenters. The molecule has 2 atom stereocenters. The molecule has 33 heavy (non-hydrogen) atoms. The summed E-state index contributed by atoms with van der Waals surface area (Å²) in [6, 6.07) is -0.806. The van der Waals surface area contributed by atoms with Crippen molar-refractivity contribution in [2.24, 2.45) is 5.73 Å². The largest absolute Gasteiger partial charge is 0.477 e. The Morgan fingerprint density at radius 1 is 1.24 bits per heavy atom. The number of rotatable bonds is 6. The number of allylic oxidation sites excluding steroid dienone is 1. The quantitative estimate of drug-likeness (QED) is 0.425. The number of aliphatic carboxylic acids is 1. The molecular weight excluding hydrogens is 448 g/mol. The minimum atomic E-state index is -1.22. The number of carboxylic acid groups (broad SMARTS) is 1. The van der Waals surface area contributed by atoms with Crippen molar-refractivity contribution in [3.63, 3.8) is 0 Å². The van der Waals surface area contributed by atoms with Gasteiger partial charge in [0.1, 0.15) is 17.3 Å². The van der Waals surface area contributed by atoms with Crippen molar-refractivity contribution in [3.05, 3.63) is 22.9 Å². The number of nitrogens with zero attached hydrogens (tertiary/aromatic N) is 3. The van der Waals surface area contributed by atoms with Crippen LogP contribution in [-0.2, 0) is 19.1 Å². The molecule has 11 heteroatoms. The second kappa shape index (κ2) is 9.76. The first-order valence-corrected chi connectivity index (χ1v) is 12.3. The van der Waals surface area contributed by atoms with Gasteiger partial charge in [-0.3, -0.25) is 9.59 Å². The third-order valence-corrected chi connectivity index (χ3v) is 6.40. The Bertz CT molecular complexity index is 909. The second-order valence-electron chi connectivity index (χ2n) is 9.45. The summed E-state index contributed by atoms with van der Waals surface area (Å²) in [5.41, 5.74) is 5.86. The molecule has 3 saturated heterocycles. The first-order chi connectivity index (χ1) is 15.4. The highest BCUT2D eigenvalue weighted by atomic mass is 32.2. The molecule has 3 N–H and O–H groups in total. The smallest absolute Gasteiger partial charge is 0.410 e. The highest BCUT2D eigenvalue weighted by molar-refractivity contribution is 7.98. The summed E-state index contributed by atoms with van der Waals surface area (Å²) in [5, 5.41) is 9.76. The lowest BCUT2D eigenvalue weighted by Gasteiger charge is -2.37. The highest BCUT2D eigenvalue weighted by Gasteiger charge is 2.41. The van der Waals surface area contributed by atoms with Gasteiger partial charge in [-0.25, -0.2) is 9.59 Å². The van der Waals surface area contributed by atoms with Gasteiger partial charge in [-0.1, -0.05) is 0 Å². The first kappa shape index (κ1) is 25.1. The normalized spacial score (nSPS) is 25.5. The standard InChI is InChI=1S/C22H32N4O6S/c1-22(2,3)32-21(31)24-7-6-15(10-24)25-8-5-13(18(25)27)9-14(12-33-4)17(20(29)30)26-11-16(23)19(26)28/h9,15-16H,5-8,10-12,23H2,1-4H3,(H,29,30)/b13-9+,17-14-/t15?,16-/m0/s1. The summed E-state index contributed by atoms with van der Waals surface area (Å²) in [7, 11) is 0. The van der Waals surface area contributed by atoms with Gasteiger partial charge < -0.3 is 30.3 Å². The van der Waals surface area contributed by atoms with Crippen molar-refractivity contribution in [1.29, 1.82) is 0 Å². The number of hydrogen-bond donors (Lipinski definition) is 2. The van der Waals surface area contributed by atoms with Crippen LogP contribution in [0.5, 0.6) is 0 Å². The van der Waals surface area contributed by atoms with Gasteiger partial charge in [0.25, 0.3) is 0 Å². The molecule has 3 aliphatic rings. The Kier molecular flexibility index (Phi) is 7.42. The summed E-state index contributed by atoms with van der Waals surface area (Å²) in [5.74, 6) is -1.48. The van der Waals surface area contributed by atoms with Gasteiger partial charge in [-0.05, 0) is 51.5 Å². The van der Waals surface area contributed by atoms with Crippen LogP contribution in [0.1, 0.15) is 33.6 Å². The molecule has 3 amide bonds. The Balaban J connectivity index is 1.76. The van der Waals surface area contributed by atoms with Crippen LogP contribution in [0.3, 0.4) is 0 Å². The maximum absolute atomic E-state index is 13.1. The number of thioether (sulfide) groups is 1. The number of likely N-dealkylation sites (tertiary alicyclic amines) is 3. The van der Waals surface area contributed by atoms with Crippen LogP contribution in [0, 0.1) is 0 Å². The first-order valence-electron chi connectivity index (χ1n) is 10.9. The van der Waals surface area contributed by atoms with E-state index in [4.69, 9.17) is 10.5 Å². The van der Waals surface area contributed by atoms with Crippen LogP contribution >= 0.6 is 11.8 Å². The number of ether oxygens (including phenoxy) is 1. The molecule has 3 aliphatic heterocycles. The molecule has 0 aromatic rings. The van der Waals surface area contributed by atoms with Crippen LogP contribution in [0.2, 0.25) is 0 Å². The number of carboxylic acids is 1. The number of amides is 3. The van der Waals surface area contributed by atoms with E-state index in [0.29, 0.717) is 49.4 Å². The van der Waals surface area contributed by atoms with Gasteiger partial charge in [-0.2, -0.15) is 11.8 Å². The summed E-state index contributed by atoms with van der Waals surface area (Å²) < 4.78 is 5.43. The fourth-order valence-corrected chi connectivity index (χ4v) is 4.76. The minimum absolute atomic E-state index is 0.113. The molecule has 0 aromatic carbocycles. The van der Waals surface area contributed by atoms with Crippen molar-refractivity contribution in [2.75, 3.05) is 38.2 Å². The van der Waals surface area contributed by atoms with Gasteiger partial charge in [0.15, 0.2) is 0 Å². The fraction of sp³-hybridized carbons (Fsp3) is 0.636. The zero-order valence-electron chi connectivity index (χ0n) is 19.5. The summed E-state index contributed by atoms with van der Waals surface area (Å²) in [6.07, 6.45) is 4.18. The summed E-state index contributed by atoms with van der Waals surface area (Å²) in [4.78, 5) is 54.1. The van der Waals surface area contributed by atoms with E-state index >= 15 is 0 Å². The second-order valence-corrected chi connectivity index (χ2v) is 10.3. The van der Waals surface area contributed by atoms with Gasteiger partial charge >= 0.3 is 12.1 Å². The predicted octanol–water partition coefficient (Wildman–Crippen LogP) is 1.03. The molecule has 0 radical (unpaired) electrons. The van der Waals surface area contributed by atoms with E-state index in [-0.39, 0.29) is 30.3 Å². The number of carbonyl (C=O) groups excluding carboxylic acids is 3. The van der Waals surface area contributed by atoms with E-state index in [1.807, 2.05) is 27.0 Å². The third kappa shape index (κ3) is 5.52. The summed E-state index contributed by atoms with van der Waals surface area (Å²) in [6.45, 7) is 7.00. The van der Waals surface area contributed by atoms with Gasteiger partial charge in [0, 0.05) is 31.0 Å². The molecule has 10 nitrogen and oxygen atoms in total. The van der Waals surface area contributed by atoms with Crippen molar-refractivity contribution < 1.29 is 29.0 Å². The summed E-state index contributed by atoms with van der Waals surface area (Å²) >= 11 is 1.41. The Hall–Kier alpha value is -2.53.